The fourth-order valence-corrected chi connectivity index (χ4v) is 4.34. The van der Waals surface area contributed by atoms with Crippen LogP contribution in [-0.4, -0.2) is 40.5 Å². The molecule has 0 aliphatic carbocycles. The Morgan fingerprint density at radius 2 is 1.92 bits per heavy atom. The highest BCUT2D eigenvalue weighted by Gasteiger charge is 2.16. The van der Waals surface area contributed by atoms with Crippen LogP contribution in [0.2, 0.25) is 0 Å². The topological polar surface area (TPSA) is 78.5 Å². The van der Waals surface area contributed by atoms with Crippen LogP contribution in [0.1, 0.15) is 13.3 Å². The smallest absolute Gasteiger partial charge is 0.250 e. The SMILES string of the molecule is CCN(CCCNC(=O)CNS(=O)(=O)c1cccs1)c1ccccc1. The van der Waals surface area contributed by atoms with Gasteiger partial charge in [-0.05, 0) is 36.9 Å². The number of hydrogen-bond donors (Lipinski definition) is 2. The summed E-state index contributed by atoms with van der Waals surface area (Å²) >= 11 is 1.12. The molecule has 136 valence electrons. The molecule has 0 aliphatic rings. The molecule has 0 unspecified atom stereocenters. The lowest BCUT2D eigenvalue weighted by atomic mass is 10.2. The van der Waals surface area contributed by atoms with Crippen LogP contribution in [0.15, 0.2) is 52.1 Å². The number of nitrogens with zero attached hydrogens (tertiary/aromatic N) is 1. The minimum absolute atomic E-state index is 0.210. The molecule has 1 heterocycles. The minimum Gasteiger partial charge on any atom is -0.372 e. The number of para-hydroxylation sites is 1. The van der Waals surface area contributed by atoms with E-state index in [-0.39, 0.29) is 16.7 Å². The first-order chi connectivity index (χ1) is 12.0. The fourth-order valence-electron chi connectivity index (χ4n) is 2.32. The molecular formula is C17H23N3O3S2. The highest BCUT2D eigenvalue weighted by Crippen LogP contribution is 2.15. The zero-order valence-electron chi connectivity index (χ0n) is 14.1. The van der Waals surface area contributed by atoms with Gasteiger partial charge < -0.3 is 10.2 Å². The lowest BCUT2D eigenvalue weighted by Crippen LogP contribution is -2.38. The molecule has 25 heavy (non-hydrogen) atoms. The Labute approximate surface area is 152 Å². The van der Waals surface area contributed by atoms with E-state index >= 15 is 0 Å². The summed E-state index contributed by atoms with van der Waals surface area (Å²) in [4.78, 5) is 14.0. The second kappa shape index (κ2) is 9.55. The van der Waals surface area contributed by atoms with Gasteiger partial charge in [0.15, 0.2) is 0 Å². The van der Waals surface area contributed by atoms with Crippen molar-refractivity contribution in [2.75, 3.05) is 31.1 Å². The molecule has 0 aliphatic heterocycles. The number of carbonyl (C=O) groups is 1. The van der Waals surface area contributed by atoms with Crippen molar-refractivity contribution in [3.8, 4) is 0 Å². The van der Waals surface area contributed by atoms with Crippen LogP contribution in [0.3, 0.4) is 0 Å². The Bertz CT molecular complexity index is 747. The van der Waals surface area contributed by atoms with Gasteiger partial charge in [0.25, 0.3) is 10.0 Å². The second-order valence-electron chi connectivity index (χ2n) is 5.38. The number of nitrogens with one attached hydrogen (secondary N) is 2. The summed E-state index contributed by atoms with van der Waals surface area (Å²) in [5.74, 6) is -0.331. The number of anilines is 1. The van der Waals surface area contributed by atoms with Gasteiger partial charge in [0.05, 0.1) is 6.54 Å². The van der Waals surface area contributed by atoms with E-state index in [4.69, 9.17) is 0 Å². The summed E-state index contributed by atoms with van der Waals surface area (Å²) in [6.45, 7) is 4.05. The van der Waals surface area contributed by atoms with E-state index in [1.807, 2.05) is 18.2 Å². The monoisotopic (exact) mass is 381 g/mol. The summed E-state index contributed by atoms with van der Waals surface area (Å²) in [5, 5.41) is 4.42. The van der Waals surface area contributed by atoms with E-state index < -0.39 is 10.0 Å². The fraction of sp³-hybridized carbons (Fsp3) is 0.353. The van der Waals surface area contributed by atoms with Gasteiger partial charge in [0, 0.05) is 25.3 Å². The molecule has 2 aromatic rings. The van der Waals surface area contributed by atoms with Gasteiger partial charge in [-0.15, -0.1) is 11.3 Å². The van der Waals surface area contributed by atoms with Crippen LogP contribution >= 0.6 is 11.3 Å². The van der Waals surface area contributed by atoms with E-state index in [9.17, 15) is 13.2 Å². The third kappa shape index (κ3) is 6.15. The first-order valence-corrected chi connectivity index (χ1v) is 10.5. The van der Waals surface area contributed by atoms with Gasteiger partial charge in [0.2, 0.25) is 5.91 Å². The third-order valence-electron chi connectivity index (χ3n) is 3.61. The molecule has 0 spiro atoms. The zero-order valence-corrected chi connectivity index (χ0v) is 15.8. The van der Waals surface area contributed by atoms with Crippen LogP contribution in [-0.2, 0) is 14.8 Å². The van der Waals surface area contributed by atoms with Crippen molar-refractivity contribution in [2.24, 2.45) is 0 Å². The average Bonchev–Trinajstić information content (AvgIpc) is 3.16. The molecule has 0 saturated heterocycles. The Hall–Kier alpha value is -1.90. The van der Waals surface area contributed by atoms with Gasteiger partial charge >= 0.3 is 0 Å². The maximum absolute atomic E-state index is 11.9. The predicted octanol–water partition coefficient (Wildman–Crippen LogP) is 2.06. The Morgan fingerprint density at radius 3 is 2.56 bits per heavy atom. The maximum atomic E-state index is 11.9. The van der Waals surface area contributed by atoms with E-state index in [1.54, 1.807) is 11.4 Å². The lowest BCUT2D eigenvalue weighted by molar-refractivity contribution is -0.119. The number of hydrogen-bond acceptors (Lipinski definition) is 5. The number of carbonyl (C=O) groups excluding carboxylic acids is 1. The molecule has 0 fully saturated rings. The number of amides is 1. The summed E-state index contributed by atoms with van der Waals surface area (Å²) in [6, 6.07) is 13.3. The number of thiophene rings is 1. The van der Waals surface area contributed by atoms with Crippen molar-refractivity contribution >= 4 is 33.0 Å². The van der Waals surface area contributed by atoms with Crippen LogP contribution in [0.5, 0.6) is 0 Å². The van der Waals surface area contributed by atoms with E-state index in [0.717, 1.165) is 36.5 Å². The van der Waals surface area contributed by atoms with E-state index in [0.29, 0.717) is 6.54 Å². The molecule has 1 amide bonds. The molecule has 0 bridgehead atoms. The molecule has 6 nitrogen and oxygen atoms in total. The standard InChI is InChI=1S/C17H23N3O3S2/c1-2-20(15-8-4-3-5-9-15)12-7-11-18-16(21)14-19-25(22,23)17-10-6-13-24-17/h3-6,8-10,13,19H,2,7,11-12,14H2,1H3,(H,18,21). The Morgan fingerprint density at radius 1 is 1.16 bits per heavy atom. The Kier molecular flexibility index (Phi) is 7.42. The second-order valence-corrected chi connectivity index (χ2v) is 8.32. The minimum atomic E-state index is -3.60. The van der Waals surface area contributed by atoms with Gasteiger partial charge in [-0.1, -0.05) is 24.3 Å². The normalized spacial score (nSPS) is 11.2. The van der Waals surface area contributed by atoms with Crippen molar-refractivity contribution in [2.45, 2.75) is 17.6 Å². The van der Waals surface area contributed by atoms with Gasteiger partial charge in [-0.3, -0.25) is 4.79 Å². The number of benzene rings is 1. The van der Waals surface area contributed by atoms with Gasteiger partial charge in [-0.25, -0.2) is 13.1 Å². The quantitative estimate of drug-likeness (QED) is 0.618. The van der Waals surface area contributed by atoms with Crippen molar-refractivity contribution in [1.29, 1.82) is 0 Å². The van der Waals surface area contributed by atoms with E-state index in [2.05, 4.69) is 34.0 Å². The molecule has 2 rings (SSSR count). The maximum Gasteiger partial charge on any atom is 0.250 e. The summed E-state index contributed by atoms with van der Waals surface area (Å²) in [7, 11) is -3.60. The average molecular weight is 382 g/mol. The van der Waals surface area contributed by atoms with Gasteiger partial charge in [0.1, 0.15) is 4.21 Å². The first kappa shape index (κ1) is 19.4. The van der Waals surface area contributed by atoms with Crippen molar-refractivity contribution in [1.82, 2.24) is 10.0 Å². The summed E-state index contributed by atoms with van der Waals surface area (Å²) in [5.41, 5.74) is 1.15. The molecule has 0 radical (unpaired) electrons. The molecule has 8 heteroatoms. The van der Waals surface area contributed by atoms with Crippen LogP contribution in [0.25, 0.3) is 0 Å². The molecule has 0 saturated carbocycles. The van der Waals surface area contributed by atoms with Crippen LogP contribution in [0.4, 0.5) is 5.69 Å². The largest absolute Gasteiger partial charge is 0.372 e. The summed E-state index contributed by atoms with van der Waals surface area (Å²) < 4.78 is 26.4. The van der Waals surface area contributed by atoms with Crippen molar-refractivity contribution in [3.05, 3.63) is 47.8 Å². The van der Waals surface area contributed by atoms with Gasteiger partial charge in [-0.2, -0.15) is 0 Å². The third-order valence-corrected chi connectivity index (χ3v) is 6.41. The Balaban J connectivity index is 1.68. The molecule has 0 atom stereocenters. The lowest BCUT2D eigenvalue weighted by Gasteiger charge is -2.23. The number of rotatable bonds is 10. The molecular weight excluding hydrogens is 358 g/mol. The number of sulfonamides is 1. The summed E-state index contributed by atoms with van der Waals surface area (Å²) in [6.07, 6.45) is 0.784. The molecule has 2 N–H and O–H groups in total. The molecule has 1 aromatic heterocycles. The predicted molar refractivity (Wildman–Crippen MR) is 101 cm³/mol. The first-order valence-electron chi connectivity index (χ1n) is 8.13. The van der Waals surface area contributed by atoms with Crippen molar-refractivity contribution < 1.29 is 13.2 Å². The zero-order chi connectivity index (χ0) is 18.1. The molecule has 1 aromatic carbocycles. The van der Waals surface area contributed by atoms with E-state index in [1.165, 1.54) is 6.07 Å². The van der Waals surface area contributed by atoms with Crippen molar-refractivity contribution in [3.63, 3.8) is 0 Å². The van der Waals surface area contributed by atoms with Crippen LogP contribution in [0, 0.1) is 0 Å². The highest BCUT2D eigenvalue weighted by molar-refractivity contribution is 7.91. The van der Waals surface area contributed by atoms with Crippen LogP contribution < -0.4 is 14.9 Å². The highest BCUT2D eigenvalue weighted by atomic mass is 32.2.